The smallest absolute Gasteiger partial charge is 0.0998 e. The van der Waals surface area contributed by atoms with E-state index in [2.05, 4.69) is 17.1 Å². The molecule has 0 atom stereocenters. The van der Waals surface area contributed by atoms with E-state index in [0.717, 1.165) is 11.3 Å². The van der Waals surface area contributed by atoms with Gasteiger partial charge >= 0.3 is 0 Å². The summed E-state index contributed by atoms with van der Waals surface area (Å²) in [5.41, 5.74) is 2.14. The Hall–Kier alpha value is -2.14. The number of hydrogen-bond donors (Lipinski definition) is 0. The fourth-order valence-corrected chi connectivity index (χ4v) is 1.25. The molecule has 0 aliphatic heterocycles. The largest absolute Gasteiger partial charge is 0.256 e. The van der Waals surface area contributed by atoms with Gasteiger partial charge in [0.25, 0.3) is 0 Å². The Balaban J connectivity index is 2.58. The molecule has 1 radical (unpaired) electrons. The van der Waals surface area contributed by atoms with Gasteiger partial charge in [0.15, 0.2) is 0 Å². The maximum absolute atomic E-state index is 8.88. The lowest BCUT2D eigenvalue weighted by atomic mass is 10.1. The van der Waals surface area contributed by atoms with Gasteiger partial charge in [-0.3, -0.25) is 4.98 Å². The predicted molar refractivity (Wildman–Crippen MR) is 53.2 cm³/mol. The zero-order valence-corrected chi connectivity index (χ0v) is 7.44. The van der Waals surface area contributed by atoms with E-state index >= 15 is 0 Å². The summed E-state index contributed by atoms with van der Waals surface area (Å²) in [6, 6.07) is 16.1. The lowest BCUT2D eigenvalue weighted by molar-refractivity contribution is 1.32. The van der Waals surface area contributed by atoms with Gasteiger partial charge in [0.1, 0.15) is 0 Å². The van der Waals surface area contributed by atoms with Crippen LogP contribution in [0.1, 0.15) is 5.56 Å². The number of rotatable bonds is 1. The van der Waals surface area contributed by atoms with E-state index in [1.807, 2.05) is 18.2 Å². The van der Waals surface area contributed by atoms with Gasteiger partial charge < -0.3 is 0 Å². The molecule has 2 heteroatoms. The van der Waals surface area contributed by atoms with Gasteiger partial charge in [-0.05, 0) is 24.3 Å². The molecule has 65 valence electrons. The van der Waals surface area contributed by atoms with Gasteiger partial charge in [-0.1, -0.05) is 18.2 Å². The van der Waals surface area contributed by atoms with E-state index in [1.54, 1.807) is 24.4 Å². The average molecular weight is 179 g/mol. The highest BCUT2D eigenvalue weighted by Gasteiger charge is 2.03. The second-order valence-corrected chi connectivity index (χ2v) is 2.79. The number of benzene rings is 1. The van der Waals surface area contributed by atoms with Crippen LogP contribution >= 0.6 is 0 Å². The lowest BCUT2D eigenvalue weighted by Gasteiger charge is -2.00. The topological polar surface area (TPSA) is 36.7 Å². The first-order valence-electron chi connectivity index (χ1n) is 4.24. The number of pyridine rings is 1. The van der Waals surface area contributed by atoms with Crippen LogP contribution in [0.2, 0.25) is 0 Å². The minimum atomic E-state index is 0.603. The number of nitriles is 1. The molecule has 1 aromatic heterocycles. The van der Waals surface area contributed by atoms with Crippen molar-refractivity contribution in [3.63, 3.8) is 0 Å². The molecule has 0 spiro atoms. The van der Waals surface area contributed by atoms with Crippen LogP contribution in [0.25, 0.3) is 11.3 Å². The second-order valence-electron chi connectivity index (χ2n) is 2.79. The minimum Gasteiger partial charge on any atom is -0.256 e. The van der Waals surface area contributed by atoms with Crippen molar-refractivity contribution in [2.45, 2.75) is 0 Å². The molecule has 0 saturated carbocycles. The van der Waals surface area contributed by atoms with Crippen LogP contribution in [-0.2, 0) is 0 Å². The molecular formula is C12H7N2. The molecule has 0 saturated heterocycles. The number of nitrogens with zero attached hydrogens (tertiary/aromatic N) is 2. The summed E-state index contributed by atoms with van der Waals surface area (Å²) in [4.78, 5) is 4.18. The quantitative estimate of drug-likeness (QED) is 0.674. The monoisotopic (exact) mass is 179 g/mol. The Morgan fingerprint density at radius 3 is 2.86 bits per heavy atom. The Morgan fingerprint density at radius 2 is 2.14 bits per heavy atom. The molecule has 0 aliphatic carbocycles. The van der Waals surface area contributed by atoms with E-state index in [9.17, 15) is 0 Å². The van der Waals surface area contributed by atoms with E-state index < -0.39 is 0 Å². The lowest BCUT2D eigenvalue weighted by Crippen LogP contribution is -1.86. The molecule has 2 nitrogen and oxygen atoms in total. The van der Waals surface area contributed by atoms with E-state index in [4.69, 9.17) is 5.26 Å². The van der Waals surface area contributed by atoms with E-state index in [1.165, 1.54) is 0 Å². The summed E-state index contributed by atoms with van der Waals surface area (Å²) in [6.07, 6.45) is 1.71. The van der Waals surface area contributed by atoms with Crippen LogP contribution in [0.3, 0.4) is 0 Å². The van der Waals surface area contributed by atoms with Crippen LogP contribution in [0.5, 0.6) is 0 Å². The number of aromatic nitrogens is 1. The highest BCUT2D eigenvalue weighted by molar-refractivity contribution is 5.66. The Labute approximate surface area is 82.5 Å². The zero-order chi connectivity index (χ0) is 9.80. The van der Waals surface area contributed by atoms with Gasteiger partial charge in [-0.25, -0.2) is 0 Å². The molecule has 1 aromatic carbocycles. The van der Waals surface area contributed by atoms with Gasteiger partial charge in [0, 0.05) is 11.8 Å². The van der Waals surface area contributed by atoms with Crippen molar-refractivity contribution in [3.05, 3.63) is 54.2 Å². The van der Waals surface area contributed by atoms with Crippen molar-refractivity contribution in [1.82, 2.24) is 4.98 Å². The van der Waals surface area contributed by atoms with Gasteiger partial charge in [0.05, 0.1) is 17.3 Å². The third kappa shape index (κ3) is 1.48. The van der Waals surface area contributed by atoms with Crippen molar-refractivity contribution in [1.29, 1.82) is 5.26 Å². The van der Waals surface area contributed by atoms with Crippen molar-refractivity contribution < 1.29 is 0 Å². The molecule has 0 N–H and O–H groups in total. The molecule has 0 aliphatic rings. The fourth-order valence-electron chi connectivity index (χ4n) is 1.25. The Kier molecular flexibility index (Phi) is 2.24. The highest BCUT2D eigenvalue weighted by Crippen LogP contribution is 2.19. The van der Waals surface area contributed by atoms with Gasteiger partial charge in [-0.15, -0.1) is 0 Å². The van der Waals surface area contributed by atoms with Crippen molar-refractivity contribution in [2.24, 2.45) is 0 Å². The average Bonchev–Trinajstić information content (AvgIpc) is 2.30. The molecule has 2 rings (SSSR count). The highest BCUT2D eigenvalue weighted by atomic mass is 14.7. The molecule has 0 amide bonds. The first kappa shape index (κ1) is 8.46. The van der Waals surface area contributed by atoms with E-state index in [0.29, 0.717) is 5.56 Å². The first-order chi connectivity index (χ1) is 6.92. The van der Waals surface area contributed by atoms with Gasteiger partial charge in [0.2, 0.25) is 0 Å². The predicted octanol–water partition coefficient (Wildman–Crippen LogP) is 2.42. The Morgan fingerprint density at radius 1 is 1.21 bits per heavy atom. The minimum absolute atomic E-state index is 0.603. The van der Waals surface area contributed by atoms with E-state index in [-0.39, 0.29) is 0 Å². The summed E-state index contributed by atoms with van der Waals surface area (Å²) in [5.74, 6) is 0. The Bertz CT molecular complexity index is 469. The summed E-state index contributed by atoms with van der Waals surface area (Å²) >= 11 is 0. The summed E-state index contributed by atoms with van der Waals surface area (Å²) in [6.45, 7) is 0. The van der Waals surface area contributed by atoms with Crippen molar-refractivity contribution in [2.75, 3.05) is 0 Å². The molecule has 0 unspecified atom stereocenters. The van der Waals surface area contributed by atoms with Crippen molar-refractivity contribution in [3.8, 4) is 17.3 Å². The maximum Gasteiger partial charge on any atom is 0.0998 e. The normalized spacial score (nSPS) is 9.36. The van der Waals surface area contributed by atoms with Crippen LogP contribution in [0.15, 0.2) is 42.6 Å². The third-order valence-electron chi connectivity index (χ3n) is 1.90. The summed E-state index contributed by atoms with van der Waals surface area (Å²) < 4.78 is 0. The van der Waals surface area contributed by atoms with Gasteiger partial charge in [-0.2, -0.15) is 5.26 Å². The van der Waals surface area contributed by atoms with Crippen molar-refractivity contribution >= 4 is 0 Å². The standard InChI is InChI=1S/C12H7N2/c13-9-10-5-1-2-6-11(10)12-7-3-4-8-14-12/h1-5,7-8H. The molecule has 2 aromatic rings. The van der Waals surface area contributed by atoms with Crippen LogP contribution in [0.4, 0.5) is 0 Å². The van der Waals surface area contributed by atoms with Crippen LogP contribution < -0.4 is 0 Å². The summed E-state index contributed by atoms with van der Waals surface area (Å²) in [5, 5.41) is 8.88. The molecule has 14 heavy (non-hydrogen) atoms. The maximum atomic E-state index is 8.88. The zero-order valence-electron chi connectivity index (χ0n) is 7.44. The molecule has 1 heterocycles. The molecule has 0 fully saturated rings. The SMILES string of the molecule is N#Cc1ccc[c]c1-c1ccccn1. The van der Waals surface area contributed by atoms with Crippen LogP contribution in [0, 0.1) is 17.4 Å². The summed E-state index contributed by atoms with van der Waals surface area (Å²) in [7, 11) is 0. The van der Waals surface area contributed by atoms with Crippen LogP contribution in [-0.4, -0.2) is 4.98 Å². The number of hydrogen-bond acceptors (Lipinski definition) is 2. The fraction of sp³-hybridized carbons (Fsp3) is 0. The molecule has 0 bridgehead atoms. The second kappa shape index (κ2) is 3.71. The molecular weight excluding hydrogens is 172 g/mol. The third-order valence-corrected chi connectivity index (χ3v) is 1.90. The first-order valence-corrected chi connectivity index (χ1v) is 4.24.